The third-order valence-corrected chi connectivity index (χ3v) is 4.10. The first-order chi connectivity index (χ1) is 11.0. The molecule has 2 bridgehead atoms. The maximum Gasteiger partial charge on any atom is 0.344 e. The highest BCUT2D eigenvalue weighted by Crippen LogP contribution is 2.28. The molecule has 2 aliphatic rings. The third kappa shape index (κ3) is 2.66. The van der Waals surface area contributed by atoms with Crippen molar-refractivity contribution in [3.63, 3.8) is 0 Å². The van der Waals surface area contributed by atoms with Crippen molar-refractivity contribution >= 4 is 23.7 Å². The van der Waals surface area contributed by atoms with Gasteiger partial charge in [0.05, 0.1) is 11.7 Å². The third-order valence-electron chi connectivity index (χ3n) is 4.10. The van der Waals surface area contributed by atoms with Crippen molar-refractivity contribution in [3.8, 4) is 0 Å². The van der Waals surface area contributed by atoms with Crippen LogP contribution in [-0.4, -0.2) is 51.8 Å². The van der Waals surface area contributed by atoms with E-state index in [1.807, 2.05) is 0 Å². The van der Waals surface area contributed by atoms with Crippen LogP contribution in [-0.2, 0) is 4.79 Å². The first kappa shape index (κ1) is 15.1. The number of fused-ring (bicyclic) bond motifs is 2. The number of urea groups is 2. The van der Waals surface area contributed by atoms with Gasteiger partial charge in [-0.1, -0.05) is 18.2 Å². The number of benzene rings is 1. The second-order valence-corrected chi connectivity index (χ2v) is 5.51. The second kappa shape index (κ2) is 5.76. The Bertz CT molecular complexity index is 637. The highest BCUT2D eigenvalue weighted by Gasteiger charge is 2.47. The number of rotatable bonds is 2. The Morgan fingerprint density at radius 1 is 1.26 bits per heavy atom. The summed E-state index contributed by atoms with van der Waals surface area (Å²) < 4.78 is 0. The molecule has 2 atom stereocenters. The van der Waals surface area contributed by atoms with Crippen molar-refractivity contribution in [2.45, 2.75) is 24.9 Å². The predicted octanol–water partition coefficient (Wildman–Crippen LogP) is 0.261. The molecule has 0 aromatic heterocycles. The summed E-state index contributed by atoms with van der Waals surface area (Å²) in [4.78, 5) is 37.3. The van der Waals surface area contributed by atoms with Crippen molar-refractivity contribution in [1.82, 2.24) is 15.4 Å². The number of para-hydroxylation sites is 1. The quantitative estimate of drug-likeness (QED) is 0.535. The van der Waals surface area contributed by atoms with Crippen molar-refractivity contribution < 1.29 is 19.6 Å². The molecule has 3 rings (SSSR count). The molecular weight excluding hydrogens is 302 g/mol. The van der Waals surface area contributed by atoms with Gasteiger partial charge in [0.1, 0.15) is 6.04 Å². The molecule has 5 amide bonds. The van der Waals surface area contributed by atoms with E-state index >= 15 is 0 Å². The number of piperidine rings is 1. The maximum atomic E-state index is 12.5. The van der Waals surface area contributed by atoms with Gasteiger partial charge in [-0.05, 0) is 25.0 Å². The summed E-state index contributed by atoms with van der Waals surface area (Å²) in [6.45, 7) is 0.287. The zero-order valence-electron chi connectivity index (χ0n) is 12.3. The van der Waals surface area contributed by atoms with Gasteiger partial charge in [0.25, 0.3) is 5.91 Å². The van der Waals surface area contributed by atoms with Crippen molar-refractivity contribution in [3.05, 3.63) is 30.3 Å². The minimum Gasteiger partial charge on any atom is -0.350 e. The van der Waals surface area contributed by atoms with Crippen molar-refractivity contribution in [2.24, 2.45) is 5.73 Å². The van der Waals surface area contributed by atoms with Gasteiger partial charge in [0.15, 0.2) is 0 Å². The summed E-state index contributed by atoms with van der Waals surface area (Å²) in [5, 5.41) is 11.2. The lowest BCUT2D eigenvalue weighted by Crippen LogP contribution is -2.57. The van der Waals surface area contributed by atoms with Crippen molar-refractivity contribution in [1.29, 1.82) is 0 Å². The average Bonchev–Trinajstić information content (AvgIpc) is 2.77. The molecular formula is C14H17N5O4. The molecule has 2 saturated heterocycles. The van der Waals surface area contributed by atoms with Crippen LogP contribution in [0.5, 0.6) is 0 Å². The number of primary amides is 1. The van der Waals surface area contributed by atoms with Crippen LogP contribution >= 0.6 is 0 Å². The molecule has 2 fully saturated rings. The number of hydrogen-bond donors (Lipinski definition) is 3. The number of anilines is 1. The number of amides is 5. The smallest absolute Gasteiger partial charge is 0.344 e. The summed E-state index contributed by atoms with van der Waals surface area (Å²) in [6.07, 6.45) is 0.916. The zero-order valence-corrected chi connectivity index (χ0v) is 12.3. The first-order valence-electron chi connectivity index (χ1n) is 7.23. The van der Waals surface area contributed by atoms with Crippen LogP contribution < -0.4 is 16.2 Å². The van der Waals surface area contributed by atoms with E-state index in [2.05, 4.69) is 5.43 Å². The standard InChI is InChI=1S/C14H17N5O4/c15-13(21)18(9-4-2-1-3-5-9)16-12(20)11-7-6-10-8-17(11)14(22)19(10)23/h1-5,10-11,23H,6-8H2,(H2,15,21)(H,16,20)/t10-,11+/m1/s1. The molecule has 0 saturated carbocycles. The maximum absolute atomic E-state index is 12.5. The minimum absolute atomic E-state index is 0.284. The number of hydrazine groups is 1. The van der Waals surface area contributed by atoms with Gasteiger partial charge in [-0.3, -0.25) is 15.4 Å². The highest BCUT2D eigenvalue weighted by atomic mass is 16.5. The molecule has 1 aromatic carbocycles. The summed E-state index contributed by atoms with van der Waals surface area (Å²) in [5.74, 6) is -0.519. The summed E-state index contributed by atoms with van der Waals surface area (Å²) >= 11 is 0. The normalized spacial score (nSPS) is 22.9. The molecule has 1 aromatic rings. The van der Waals surface area contributed by atoms with Gasteiger partial charge in [-0.2, -0.15) is 0 Å². The average molecular weight is 319 g/mol. The lowest BCUT2D eigenvalue weighted by molar-refractivity contribution is -0.126. The topological polar surface area (TPSA) is 119 Å². The molecule has 9 nitrogen and oxygen atoms in total. The number of carbonyl (C=O) groups excluding carboxylic acids is 3. The zero-order chi connectivity index (χ0) is 16.6. The van der Waals surface area contributed by atoms with Crippen LogP contribution in [0.25, 0.3) is 0 Å². The van der Waals surface area contributed by atoms with E-state index in [0.29, 0.717) is 23.6 Å². The number of hydrogen-bond acceptors (Lipinski definition) is 4. The predicted molar refractivity (Wildman–Crippen MR) is 79.2 cm³/mol. The number of nitrogens with one attached hydrogen (secondary N) is 1. The SMILES string of the molecule is NC(=O)N(NC(=O)[C@@H]1CC[C@@H]2CN1C(=O)N2O)c1ccccc1. The van der Waals surface area contributed by atoms with Gasteiger partial charge in [-0.25, -0.2) is 19.7 Å². The molecule has 0 radical (unpaired) electrons. The van der Waals surface area contributed by atoms with Crippen molar-refractivity contribution in [2.75, 3.05) is 11.6 Å². The Kier molecular flexibility index (Phi) is 3.78. The molecule has 0 aliphatic carbocycles. The molecule has 23 heavy (non-hydrogen) atoms. The van der Waals surface area contributed by atoms with Crippen LogP contribution in [0, 0.1) is 0 Å². The van der Waals surface area contributed by atoms with Crippen LogP contribution in [0.3, 0.4) is 0 Å². The Morgan fingerprint density at radius 2 is 1.96 bits per heavy atom. The fraction of sp³-hybridized carbons (Fsp3) is 0.357. The van der Waals surface area contributed by atoms with Crippen LogP contribution in [0.4, 0.5) is 15.3 Å². The Morgan fingerprint density at radius 3 is 2.61 bits per heavy atom. The second-order valence-electron chi connectivity index (χ2n) is 5.51. The fourth-order valence-electron chi connectivity index (χ4n) is 2.93. The van der Waals surface area contributed by atoms with Gasteiger partial charge in [-0.15, -0.1) is 0 Å². The summed E-state index contributed by atoms with van der Waals surface area (Å²) in [6, 6.07) is 5.95. The number of carbonyl (C=O) groups is 3. The molecule has 0 spiro atoms. The Balaban J connectivity index is 1.75. The molecule has 4 N–H and O–H groups in total. The Hall–Kier alpha value is -2.81. The first-order valence-corrected chi connectivity index (χ1v) is 7.23. The van der Waals surface area contributed by atoms with E-state index in [4.69, 9.17) is 5.73 Å². The van der Waals surface area contributed by atoms with E-state index in [1.54, 1.807) is 30.3 Å². The summed E-state index contributed by atoms with van der Waals surface area (Å²) in [7, 11) is 0. The fourth-order valence-corrected chi connectivity index (χ4v) is 2.93. The van der Waals surface area contributed by atoms with E-state index in [9.17, 15) is 19.6 Å². The van der Waals surface area contributed by atoms with E-state index in [-0.39, 0.29) is 12.6 Å². The summed E-state index contributed by atoms with van der Waals surface area (Å²) in [5.41, 5.74) is 8.18. The molecule has 2 aliphatic heterocycles. The molecule has 9 heteroatoms. The lowest BCUT2D eigenvalue weighted by Gasteiger charge is -2.31. The molecule has 2 heterocycles. The van der Waals surface area contributed by atoms with E-state index < -0.39 is 24.0 Å². The molecule has 122 valence electrons. The highest BCUT2D eigenvalue weighted by molar-refractivity contribution is 5.96. The monoisotopic (exact) mass is 319 g/mol. The largest absolute Gasteiger partial charge is 0.350 e. The minimum atomic E-state index is -0.838. The Labute approximate surface area is 132 Å². The lowest BCUT2D eigenvalue weighted by atomic mass is 10.0. The molecule has 0 unspecified atom stereocenters. The number of nitrogens with zero attached hydrogens (tertiary/aromatic N) is 3. The van der Waals surface area contributed by atoms with Gasteiger partial charge >= 0.3 is 12.1 Å². The van der Waals surface area contributed by atoms with Gasteiger partial charge < -0.3 is 10.6 Å². The van der Waals surface area contributed by atoms with Gasteiger partial charge in [0, 0.05) is 6.54 Å². The number of nitrogens with two attached hydrogens (primary N) is 1. The van der Waals surface area contributed by atoms with E-state index in [0.717, 1.165) is 5.01 Å². The van der Waals surface area contributed by atoms with Crippen LogP contribution in [0.2, 0.25) is 0 Å². The van der Waals surface area contributed by atoms with E-state index in [1.165, 1.54) is 4.90 Å². The van der Waals surface area contributed by atoms with Crippen LogP contribution in [0.1, 0.15) is 12.8 Å². The number of hydroxylamine groups is 2. The van der Waals surface area contributed by atoms with Crippen LogP contribution in [0.15, 0.2) is 30.3 Å². The van der Waals surface area contributed by atoms with Gasteiger partial charge in [0.2, 0.25) is 0 Å².